The van der Waals surface area contributed by atoms with Crippen LogP contribution >= 0.6 is 0 Å². The van der Waals surface area contributed by atoms with Crippen molar-refractivity contribution in [2.75, 3.05) is 47.2 Å². The molecule has 0 spiro atoms. The van der Waals surface area contributed by atoms with Gasteiger partial charge < -0.3 is 29.5 Å². The van der Waals surface area contributed by atoms with Crippen molar-refractivity contribution in [1.82, 2.24) is 14.7 Å². The van der Waals surface area contributed by atoms with Crippen LogP contribution in [-0.2, 0) is 11.3 Å². The fourth-order valence-electron chi connectivity index (χ4n) is 3.89. The van der Waals surface area contributed by atoms with Gasteiger partial charge in [0.25, 0.3) is 5.91 Å². The first-order valence-corrected chi connectivity index (χ1v) is 11.1. The highest BCUT2D eigenvalue weighted by Crippen LogP contribution is 2.39. The number of nitrogens with one attached hydrogen (secondary N) is 1. The van der Waals surface area contributed by atoms with Crippen LogP contribution in [0.15, 0.2) is 36.4 Å². The summed E-state index contributed by atoms with van der Waals surface area (Å²) < 4.78 is 11.1. The zero-order valence-corrected chi connectivity index (χ0v) is 20.5. The molecular weight excluding hydrogens is 436 g/mol. The third-order valence-corrected chi connectivity index (χ3v) is 5.73. The van der Waals surface area contributed by atoms with Crippen LogP contribution < -0.4 is 14.8 Å². The number of fused-ring (bicyclic) bond motifs is 1. The van der Waals surface area contributed by atoms with E-state index in [1.165, 1.54) is 9.80 Å². The Balaban J connectivity index is 2.02. The number of urea groups is 1. The number of rotatable bonds is 8. The van der Waals surface area contributed by atoms with Crippen molar-refractivity contribution >= 4 is 23.5 Å². The number of carbonyl (C=O) groups is 3. The Kier molecular flexibility index (Phi) is 7.65. The zero-order valence-electron chi connectivity index (χ0n) is 20.5. The second kappa shape index (κ2) is 10.5. The van der Waals surface area contributed by atoms with Crippen LogP contribution in [-0.4, -0.2) is 74.5 Å². The maximum absolute atomic E-state index is 13.6. The van der Waals surface area contributed by atoms with Gasteiger partial charge >= 0.3 is 6.03 Å². The normalized spacial score (nSPS) is 13.2. The maximum Gasteiger partial charge on any atom is 0.321 e. The van der Waals surface area contributed by atoms with Crippen molar-refractivity contribution in [2.45, 2.75) is 25.9 Å². The molecule has 0 radical (unpaired) electrons. The van der Waals surface area contributed by atoms with Crippen LogP contribution in [0.4, 0.5) is 10.5 Å². The Bertz CT molecular complexity index is 1080. The van der Waals surface area contributed by atoms with Gasteiger partial charge in [-0.1, -0.05) is 18.2 Å². The first-order valence-electron chi connectivity index (χ1n) is 11.1. The van der Waals surface area contributed by atoms with Crippen LogP contribution in [0.25, 0.3) is 0 Å². The summed E-state index contributed by atoms with van der Waals surface area (Å²) in [7, 11) is 8.21. The molecule has 34 heavy (non-hydrogen) atoms. The second-order valence-corrected chi connectivity index (χ2v) is 8.45. The van der Waals surface area contributed by atoms with Gasteiger partial charge in [0, 0.05) is 34.7 Å². The van der Waals surface area contributed by atoms with E-state index < -0.39 is 6.04 Å². The molecule has 4 amide bonds. The number of benzene rings is 2. The second-order valence-electron chi connectivity index (χ2n) is 8.45. The SMILES string of the molecule is CCOc1cc([C@H](CC(=O)N(C)C)N2Cc3cccc(NC(=O)N(C)C)c3C2=O)ccc1OC. The van der Waals surface area contributed by atoms with Crippen molar-refractivity contribution in [2.24, 2.45) is 0 Å². The largest absolute Gasteiger partial charge is 0.493 e. The van der Waals surface area contributed by atoms with E-state index in [0.717, 1.165) is 11.1 Å². The van der Waals surface area contributed by atoms with Crippen molar-refractivity contribution in [3.05, 3.63) is 53.1 Å². The molecule has 0 fully saturated rings. The third-order valence-electron chi connectivity index (χ3n) is 5.73. The van der Waals surface area contributed by atoms with E-state index in [-0.39, 0.29) is 24.3 Å². The van der Waals surface area contributed by atoms with E-state index in [2.05, 4.69) is 5.32 Å². The molecule has 2 aromatic carbocycles. The van der Waals surface area contributed by atoms with Gasteiger partial charge in [-0.05, 0) is 36.2 Å². The lowest BCUT2D eigenvalue weighted by atomic mass is 10.0. The van der Waals surface area contributed by atoms with E-state index in [9.17, 15) is 14.4 Å². The Hall–Kier alpha value is -3.75. The van der Waals surface area contributed by atoms with Gasteiger partial charge in [-0.2, -0.15) is 0 Å². The number of amides is 4. The molecule has 9 heteroatoms. The highest BCUT2D eigenvalue weighted by atomic mass is 16.5. The summed E-state index contributed by atoms with van der Waals surface area (Å²) in [6, 6.07) is 9.98. The van der Waals surface area contributed by atoms with Crippen LogP contribution in [0.2, 0.25) is 0 Å². The summed E-state index contributed by atoms with van der Waals surface area (Å²) in [4.78, 5) is 43.2. The number of hydrogen-bond acceptors (Lipinski definition) is 5. The summed E-state index contributed by atoms with van der Waals surface area (Å²) in [6.07, 6.45) is 0.101. The average Bonchev–Trinajstić information content (AvgIpc) is 3.14. The fourth-order valence-corrected chi connectivity index (χ4v) is 3.89. The highest BCUT2D eigenvalue weighted by Gasteiger charge is 2.37. The minimum absolute atomic E-state index is 0.101. The zero-order chi connectivity index (χ0) is 25.0. The van der Waals surface area contributed by atoms with Crippen LogP contribution in [0.1, 0.15) is 40.9 Å². The van der Waals surface area contributed by atoms with Crippen molar-refractivity contribution in [3.63, 3.8) is 0 Å². The minimum atomic E-state index is -0.530. The lowest BCUT2D eigenvalue weighted by Crippen LogP contribution is -2.34. The van der Waals surface area contributed by atoms with Crippen LogP contribution in [0, 0.1) is 0 Å². The summed E-state index contributed by atoms with van der Waals surface area (Å²) in [5, 5.41) is 2.80. The Morgan fingerprint density at radius 1 is 1.09 bits per heavy atom. The molecule has 1 aliphatic heterocycles. The predicted molar refractivity (Wildman–Crippen MR) is 129 cm³/mol. The van der Waals surface area contributed by atoms with Gasteiger partial charge in [-0.15, -0.1) is 0 Å². The number of ether oxygens (including phenoxy) is 2. The minimum Gasteiger partial charge on any atom is -0.493 e. The molecule has 0 aromatic heterocycles. The molecule has 182 valence electrons. The Morgan fingerprint density at radius 3 is 2.44 bits per heavy atom. The quantitative estimate of drug-likeness (QED) is 0.642. The number of methoxy groups -OCH3 is 1. The lowest BCUT2D eigenvalue weighted by molar-refractivity contribution is -0.129. The van der Waals surface area contributed by atoms with Gasteiger partial charge in [-0.3, -0.25) is 9.59 Å². The third kappa shape index (κ3) is 5.08. The van der Waals surface area contributed by atoms with Gasteiger partial charge in [0.05, 0.1) is 37.4 Å². The first kappa shape index (κ1) is 24.9. The van der Waals surface area contributed by atoms with E-state index in [0.29, 0.717) is 35.9 Å². The molecule has 2 aromatic rings. The molecule has 0 bridgehead atoms. The first-order chi connectivity index (χ1) is 16.2. The molecule has 1 N–H and O–H groups in total. The molecule has 9 nitrogen and oxygen atoms in total. The number of hydrogen-bond donors (Lipinski definition) is 1. The number of carbonyl (C=O) groups excluding carboxylic acids is 3. The Labute approximate surface area is 200 Å². The van der Waals surface area contributed by atoms with Crippen LogP contribution in [0.3, 0.4) is 0 Å². The molecule has 1 heterocycles. The van der Waals surface area contributed by atoms with Gasteiger partial charge in [0.1, 0.15) is 0 Å². The number of nitrogens with zero attached hydrogens (tertiary/aromatic N) is 3. The van der Waals surface area contributed by atoms with Crippen molar-refractivity contribution in [1.29, 1.82) is 0 Å². The van der Waals surface area contributed by atoms with E-state index in [1.54, 1.807) is 58.4 Å². The molecule has 0 saturated carbocycles. The molecular formula is C25H32N4O5. The van der Waals surface area contributed by atoms with Crippen molar-refractivity contribution in [3.8, 4) is 11.5 Å². The lowest BCUT2D eigenvalue weighted by Gasteiger charge is -2.29. The fraction of sp³-hybridized carbons (Fsp3) is 0.400. The van der Waals surface area contributed by atoms with Crippen molar-refractivity contribution < 1.29 is 23.9 Å². The number of anilines is 1. The van der Waals surface area contributed by atoms with E-state index in [4.69, 9.17) is 9.47 Å². The predicted octanol–water partition coefficient (Wildman–Crippen LogP) is 3.36. The van der Waals surface area contributed by atoms with Gasteiger partial charge in [0.2, 0.25) is 5.91 Å². The summed E-state index contributed by atoms with van der Waals surface area (Å²) >= 11 is 0. The smallest absolute Gasteiger partial charge is 0.321 e. The summed E-state index contributed by atoms with van der Waals surface area (Å²) in [6.45, 7) is 2.65. The maximum atomic E-state index is 13.6. The standard InChI is InChI=1S/C25H32N4O5/c1-7-34-21-13-16(11-12-20(21)33-6)19(14-22(30)27(2)3)29-15-17-9-8-10-18(23(17)24(29)31)26-25(32)28(4)5/h8-13,19H,7,14-15H2,1-6H3,(H,26,32)/t19-/m0/s1. The van der Waals surface area contributed by atoms with E-state index >= 15 is 0 Å². The monoisotopic (exact) mass is 468 g/mol. The molecule has 0 saturated heterocycles. The van der Waals surface area contributed by atoms with E-state index in [1.807, 2.05) is 25.1 Å². The molecule has 1 aliphatic rings. The molecule has 0 unspecified atom stereocenters. The topological polar surface area (TPSA) is 91.4 Å². The Morgan fingerprint density at radius 2 is 1.82 bits per heavy atom. The van der Waals surface area contributed by atoms with Crippen LogP contribution in [0.5, 0.6) is 11.5 Å². The molecule has 1 atom stereocenters. The van der Waals surface area contributed by atoms with Gasteiger partial charge in [-0.25, -0.2) is 4.79 Å². The molecule has 0 aliphatic carbocycles. The summed E-state index contributed by atoms with van der Waals surface area (Å²) in [5.41, 5.74) is 2.45. The average molecular weight is 469 g/mol. The molecule has 3 rings (SSSR count). The van der Waals surface area contributed by atoms with Gasteiger partial charge in [0.15, 0.2) is 11.5 Å². The highest BCUT2D eigenvalue weighted by molar-refractivity contribution is 6.06. The summed E-state index contributed by atoms with van der Waals surface area (Å²) in [5.74, 6) is 0.777.